The van der Waals surface area contributed by atoms with Crippen LogP contribution in [0.15, 0.2) is 28.9 Å². The van der Waals surface area contributed by atoms with E-state index in [9.17, 15) is 0 Å². The summed E-state index contributed by atoms with van der Waals surface area (Å²) in [6.07, 6.45) is 3.47. The van der Waals surface area contributed by atoms with Crippen molar-refractivity contribution in [2.45, 2.75) is 32.7 Å². The van der Waals surface area contributed by atoms with Crippen molar-refractivity contribution in [3.8, 4) is 0 Å². The molecule has 0 saturated carbocycles. The Morgan fingerprint density at radius 2 is 2.38 bits per heavy atom. The number of furan rings is 1. The molecule has 0 fully saturated rings. The highest BCUT2D eigenvalue weighted by atomic mass is 16.3. The van der Waals surface area contributed by atoms with Crippen LogP contribution in [0.5, 0.6) is 0 Å². The minimum Gasteiger partial charge on any atom is -0.467 e. The molecule has 2 heteroatoms. The molecule has 0 aliphatic heterocycles. The van der Waals surface area contributed by atoms with Gasteiger partial charge in [-0.3, -0.25) is 0 Å². The molecular weight excluding hydrogens is 162 g/mol. The molecule has 1 rings (SSSR count). The topological polar surface area (TPSA) is 39.2 Å². The van der Waals surface area contributed by atoms with E-state index in [2.05, 4.69) is 13.5 Å². The van der Waals surface area contributed by atoms with Gasteiger partial charge in [0, 0.05) is 0 Å². The molecule has 2 nitrogen and oxygen atoms in total. The van der Waals surface area contributed by atoms with Crippen molar-refractivity contribution in [3.63, 3.8) is 0 Å². The zero-order valence-corrected chi connectivity index (χ0v) is 8.34. The molecule has 0 bridgehead atoms. The largest absolute Gasteiger partial charge is 0.467 e. The van der Waals surface area contributed by atoms with Crippen LogP contribution >= 0.6 is 0 Å². The van der Waals surface area contributed by atoms with Crippen LogP contribution in [-0.4, -0.2) is 0 Å². The minimum atomic E-state index is -0.0394. The van der Waals surface area contributed by atoms with Crippen LogP contribution in [0.3, 0.4) is 0 Å². The normalized spacial score (nSPS) is 12.8. The average Bonchev–Trinajstić information content (AvgIpc) is 2.51. The van der Waals surface area contributed by atoms with Gasteiger partial charge in [-0.1, -0.05) is 19.1 Å². The first-order chi connectivity index (χ1) is 6.15. The fourth-order valence-corrected chi connectivity index (χ4v) is 1.31. The SMILES string of the molecule is C=C(CC)CC(N)c1occc1C. The monoisotopic (exact) mass is 179 g/mol. The summed E-state index contributed by atoms with van der Waals surface area (Å²) in [5, 5.41) is 0. The van der Waals surface area contributed by atoms with E-state index >= 15 is 0 Å². The lowest BCUT2D eigenvalue weighted by Crippen LogP contribution is -2.10. The summed E-state index contributed by atoms with van der Waals surface area (Å²) < 4.78 is 5.31. The Bertz CT molecular complexity index is 288. The molecule has 1 atom stereocenters. The molecule has 2 N–H and O–H groups in total. The van der Waals surface area contributed by atoms with Crippen molar-refractivity contribution in [2.24, 2.45) is 5.73 Å². The third-order valence-corrected chi connectivity index (χ3v) is 2.25. The van der Waals surface area contributed by atoms with Gasteiger partial charge in [0.05, 0.1) is 12.3 Å². The molecule has 0 saturated heterocycles. The van der Waals surface area contributed by atoms with Gasteiger partial charge in [0.2, 0.25) is 0 Å². The van der Waals surface area contributed by atoms with E-state index in [0.29, 0.717) is 0 Å². The Morgan fingerprint density at radius 1 is 1.69 bits per heavy atom. The maximum Gasteiger partial charge on any atom is 0.123 e. The van der Waals surface area contributed by atoms with Crippen molar-refractivity contribution >= 4 is 0 Å². The second-order valence-electron chi connectivity index (χ2n) is 3.38. The molecule has 0 amide bonds. The second kappa shape index (κ2) is 4.28. The summed E-state index contributed by atoms with van der Waals surface area (Å²) in [4.78, 5) is 0. The fourth-order valence-electron chi connectivity index (χ4n) is 1.31. The predicted octanol–water partition coefficient (Wildman–Crippen LogP) is 2.94. The van der Waals surface area contributed by atoms with Crippen LogP contribution in [0.25, 0.3) is 0 Å². The summed E-state index contributed by atoms with van der Waals surface area (Å²) in [6, 6.07) is 1.90. The Hall–Kier alpha value is -1.02. The molecule has 0 spiro atoms. The number of hydrogen-bond donors (Lipinski definition) is 1. The van der Waals surface area contributed by atoms with Gasteiger partial charge in [0.1, 0.15) is 5.76 Å². The lowest BCUT2D eigenvalue weighted by atomic mass is 10.0. The van der Waals surface area contributed by atoms with E-state index in [-0.39, 0.29) is 6.04 Å². The number of aryl methyl sites for hydroxylation is 1. The summed E-state index contributed by atoms with van der Waals surface area (Å²) in [5.41, 5.74) is 8.25. The summed E-state index contributed by atoms with van der Waals surface area (Å²) >= 11 is 0. The minimum absolute atomic E-state index is 0.0394. The summed E-state index contributed by atoms with van der Waals surface area (Å²) in [7, 11) is 0. The van der Waals surface area contributed by atoms with E-state index in [0.717, 1.165) is 24.2 Å². The van der Waals surface area contributed by atoms with Crippen molar-refractivity contribution in [2.75, 3.05) is 0 Å². The van der Waals surface area contributed by atoms with E-state index in [1.807, 2.05) is 13.0 Å². The average molecular weight is 179 g/mol. The third kappa shape index (κ3) is 2.46. The van der Waals surface area contributed by atoms with Gasteiger partial charge >= 0.3 is 0 Å². The van der Waals surface area contributed by atoms with Crippen LogP contribution in [0.2, 0.25) is 0 Å². The highest BCUT2D eigenvalue weighted by Gasteiger charge is 2.12. The van der Waals surface area contributed by atoms with Crippen molar-refractivity contribution in [1.29, 1.82) is 0 Å². The van der Waals surface area contributed by atoms with E-state index < -0.39 is 0 Å². The Kier molecular flexibility index (Phi) is 3.32. The summed E-state index contributed by atoms with van der Waals surface area (Å²) in [5.74, 6) is 0.884. The van der Waals surface area contributed by atoms with Gasteiger partial charge in [0.25, 0.3) is 0 Å². The van der Waals surface area contributed by atoms with Crippen molar-refractivity contribution in [1.82, 2.24) is 0 Å². The van der Waals surface area contributed by atoms with Gasteiger partial charge in [-0.25, -0.2) is 0 Å². The van der Waals surface area contributed by atoms with Gasteiger partial charge in [0.15, 0.2) is 0 Å². The first-order valence-corrected chi connectivity index (χ1v) is 4.61. The van der Waals surface area contributed by atoms with Gasteiger partial charge < -0.3 is 10.2 Å². The molecule has 0 radical (unpaired) electrons. The molecule has 72 valence electrons. The van der Waals surface area contributed by atoms with Gasteiger partial charge in [-0.2, -0.15) is 0 Å². The van der Waals surface area contributed by atoms with E-state index in [4.69, 9.17) is 10.2 Å². The molecular formula is C11H17NO. The zero-order chi connectivity index (χ0) is 9.84. The van der Waals surface area contributed by atoms with Gasteiger partial charge in [-0.05, 0) is 31.4 Å². The molecule has 0 aliphatic carbocycles. The Morgan fingerprint density at radius 3 is 2.85 bits per heavy atom. The van der Waals surface area contributed by atoms with Crippen molar-refractivity contribution in [3.05, 3.63) is 35.8 Å². The number of rotatable bonds is 4. The van der Waals surface area contributed by atoms with Crippen LogP contribution in [-0.2, 0) is 0 Å². The molecule has 1 aromatic rings. The fraction of sp³-hybridized carbons (Fsp3) is 0.455. The van der Waals surface area contributed by atoms with E-state index in [1.54, 1.807) is 6.26 Å². The first-order valence-electron chi connectivity index (χ1n) is 4.61. The van der Waals surface area contributed by atoms with Crippen LogP contribution in [0.1, 0.15) is 37.1 Å². The molecule has 1 heterocycles. The Balaban J connectivity index is 2.63. The number of nitrogens with two attached hydrogens (primary N) is 1. The molecule has 0 aromatic carbocycles. The van der Waals surface area contributed by atoms with Crippen molar-refractivity contribution < 1.29 is 4.42 Å². The quantitative estimate of drug-likeness (QED) is 0.722. The molecule has 1 aromatic heterocycles. The Labute approximate surface area is 79.4 Å². The zero-order valence-electron chi connectivity index (χ0n) is 8.34. The lowest BCUT2D eigenvalue weighted by molar-refractivity contribution is 0.460. The number of hydrogen-bond acceptors (Lipinski definition) is 2. The molecule has 1 unspecified atom stereocenters. The van der Waals surface area contributed by atoms with E-state index in [1.165, 1.54) is 5.57 Å². The van der Waals surface area contributed by atoms with Crippen LogP contribution < -0.4 is 5.73 Å². The highest BCUT2D eigenvalue weighted by Crippen LogP contribution is 2.22. The first kappa shape index (κ1) is 10.1. The van der Waals surface area contributed by atoms with Gasteiger partial charge in [-0.15, -0.1) is 0 Å². The van der Waals surface area contributed by atoms with Crippen LogP contribution in [0, 0.1) is 6.92 Å². The van der Waals surface area contributed by atoms with Crippen LogP contribution in [0.4, 0.5) is 0 Å². The molecule has 13 heavy (non-hydrogen) atoms. The lowest BCUT2D eigenvalue weighted by Gasteiger charge is -2.10. The maximum atomic E-state index is 5.96. The predicted molar refractivity (Wildman–Crippen MR) is 54.4 cm³/mol. The standard InChI is InChI=1S/C11H17NO/c1-4-8(2)7-10(12)11-9(3)5-6-13-11/h5-6,10H,2,4,7,12H2,1,3H3. The smallest absolute Gasteiger partial charge is 0.123 e. The summed E-state index contributed by atoms with van der Waals surface area (Å²) in [6.45, 7) is 8.03. The highest BCUT2D eigenvalue weighted by molar-refractivity contribution is 5.19. The maximum absolute atomic E-state index is 5.96. The second-order valence-corrected chi connectivity index (χ2v) is 3.38. The molecule has 0 aliphatic rings. The third-order valence-electron chi connectivity index (χ3n) is 2.25.